The Morgan fingerprint density at radius 1 is 1.07 bits per heavy atom. The first-order chi connectivity index (χ1) is 14.5. The maximum Gasteiger partial charge on any atom is 0.407 e. The normalized spacial score (nSPS) is 10.6. The van der Waals surface area contributed by atoms with Crippen LogP contribution in [0.15, 0.2) is 46.9 Å². The maximum absolute atomic E-state index is 13.0. The van der Waals surface area contributed by atoms with Crippen LogP contribution in [-0.4, -0.2) is 30.1 Å². The van der Waals surface area contributed by atoms with Crippen LogP contribution in [0.2, 0.25) is 0 Å². The number of carbonyl (C=O) groups excluding carboxylic acids is 2. The molecule has 0 aliphatic carbocycles. The van der Waals surface area contributed by atoms with Gasteiger partial charge in [0.25, 0.3) is 0 Å². The molecule has 30 heavy (non-hydrogen) atoms. The average Bonchev–Trinajstić information content (AvgIpc) is 2.73. The highest BCUT2D eigenvalue weighted by Crippen LogP contribution is 2.21. The zero-order chi connectivity index (χ0) is 21.7. The van der Waals surface area contributed by atoms with E-state index in [1.165, 1.54) is 6.07 Å². The molecule has 3 rings (SSSR count). The number of rotatable bonds is 7. The number of fused-ring (bicyclic) bond motifs is 1. The molecule has 1 heterocycles. The van der Waals surface area contributed by atoms with Gasteiger partial charge in [-0.2, -0.15) is 4.73 Å². The first-order valence-corrected chi connectivity index (χ1v) is 10.0. The smallest absolute Gasteiger partial charge is 0.407 e. The largest absolute Gasteiger partial charge is 0.618 e. The lowest BCUT2D eigenvalue weighted by molar-refractivity contribution is -0.581. The summed E-state index contributed by atoms with van der Waals surface area (Å²) < 4.78 is 16.7. The summed E-state index contributed by atoms with van der Waals surface area (Å²) in [5.41, 5.74) is 0.448. The van der Waals surface area contributed by atoms with Gasteiger partial charge in [-0.15, -0.1) is 0 Å². The van der Waals surface area contributed by atoms with Gasteiger partial charge in [-0.1, -0.05) is 12.1 Å². The molecule has 9 heteroatoms. The van der Waals surface area contributed by atoms with Crippen molar-refractivity contribution in [1.82, 2.24) is 4.98 Å². The maximum atomic E-state index is 13.0. The highest BCUT2D eigenvalue weighted by Gasteiger charge is 2.29. The number of carbonyl (C=O) groups is 2. The summed E-state index contributed by atoms with van der Waals surface area (Å²) in [6, 6.07) is 11.5. The van der Waals surface area contributed by atoms with Gasteiger partial charge in [-0.3, -0.25) is 0 Å². The molecule has 3 aromatic rings. The molecule has 0 spiro atoms. The predicted octanol–water partition coefficient (Wildman–Crippen LogP) is 3.56. The summed E-state index contributed by atoms with van der Waals surface area (Å²) in [7, 11) is 0. The fraction of sp³-hybridized carbons (Fsp3) is 0.238. The van der Waals surface area contributed by atoms with Crippen LogP contribution in [-0.2, 0) is 16.1 Å². The lowest BCUT2D eigenvalue weighted by Gasteiger charge is -2.12. The average molecular weight is 475 g/mol. The summed E-state index contributed by atoms with van der Waals surface area (Å²) in [4.78, 5) is 29.2. The van der Waals surface area contributed by atoms with Gasteiger partial charge in [0.1, 0.15) is 17.9 Å². The van der Waals surface area contributed by atoms with E-state index in [4.69, 9.17) is 14.2 Å². The van der Waals surface area contributed by atoms with Gasteiger partial charge in [0.2, 0.25) is 5.52 Å². The van der Waals surface area contributed by atoms with Crippen LogP contribution in [0, 0.1) is 5.21 Å². The number of halogens is 1. The summed E-state index contributed by atoms with van der Waals surface area (Å²) in [5.74, 6) is -1.00. The molecule has 1 aromatic heterocycles. The number of hydrogen-bond acceptors (Lipinski definition) is 7. The molecule has 0 saturated heterocycles. The topological polar surface area (TPSA) is 102 Å². The van der Waals surface area contributed by atoms with Gasteiger partial charge in [0.15, 0.2) is 5.69 Å². The second kappa shape index (κ2) is 9.53. The Hall–Kier alpha value is -3.20. The second-order valence-electron chi connectivity index (χ2n) is 6.06. The molecule has 0 atom stereocenters. The molecule has 8 nitrogen and oxygen atoms in total. The molecule has 0 amide bonds. The van der Waals surface area contributed by atoms with Gasteiger partial charge in [-0.05, 0) is 54.0 Å². The molecule has 0 N–H and O–H groups in total. The van der Waals surface area contributed by atoms with Crippen LogP contribution in [0.3, 0.4) is 0 Å². The minimum absolute atomic E-state index is 0.000475. The van der Waals surface area contributed by atoms with Crippen molar-refractivity contribution in [1.29, 1.82) is 0 Å². The van der Waals surface area contributed by atoms with Gasteiger partial charge in [-0.25, -0.2) is 14.6 Å². The minimum atomic E-state index is -0.851. The van der Waals surface area contributed by atoms with E-state index in [1.54, 1.807) is 43.3 Å². The van der Waals surface area contributed by atoms with Crippen molar-refractivity contribution in [2.45, 2.75) is 20.5 Å². The Morgan fingerprint density at radius 2 is 1.83 bits per heavy atom. The van der Waals surface area contributed by atoms with E-state index >= 15 is 0 Å². The highest BCUT2D eigenvalue weighted by molar-refractivity contribution is 9.10. The Balaban J connectivity index is 2.00. The third kappa shape index (κ3) is 4.51. The molecular weight excluding hydrogens is 456 g/mol. The van der Waals surface area contributed by atoms with Crippen LogP contribution in [0.5, 0.6) is 5.75 Å². The van der Waals surface area contributed by atoms with Crippen LogP contribution < -0.4 is 9.47 Å². The standard InChI is InChI=1S/C21H19BrN2O6/c1-3-28-13-9-10-16-18(11-13)24(27)19(21(26)29-4-2)17(23-16)12-30-20(25)14-7-5-6-8-15(14)22/h5-11H,3-4,12H2,1-2H3. The fourth-order valence-electron chi connectivity index (χ4n) is 2.79. The van der Waals surface area contributed by atoms with Gasteiger partial charge < -0.3 is 19.4 Å². The molecule has 2 aromatic carbocycles. The van der Waals surface area contributed by atoms with Crippen molar-refractivity contribution in [2.24, 2.45) is 0 Å². The van der Waals surface area contributed by atoms with Crippen molar-refractivity contribution >= 4 is 38.9 Å². The lowest BCUT2D eigenvalue weighted by atomic mass is 10.2. The zero-order valence-corrected chi connectivity index (χ0v) is 18.0. The van der Waals surface area contributed by atoms with Crippen LogP contribution >= 0.6 is 15.9 Å². The Bertz CT molecular complexity index is 1100. The quantitative estimate of drug-likeness (QED) is 0.293. The number of nitrogens with zero attached hydrogens (tertiary/aromatic N) is 2. The van der Waals surface area contributed by atoms with E-state index in [-0.39, 0.29) is 30.1 Å². The van der Waals surface area contributed by atoms with E-state index in [9.17, 15) is 14.8 Å². The van der Waals surface area contributed by atoms with E-state index in [1.807, 2.05) is 6.92 Å². The minimum Gasteiger partial charge on any atom is -0.618 e. The summed E-state index contributed by atoms with van der Waals surface area (Å²) >= 11 is 3.29. The summed E-state index contributed by atoms with van der Waals surface area (Å²) in [6.07, 6.45) is 0. The fourth-order valence-corrected chi connectivity index (χ4v) is 3.24. The lowest BCUT2D eigenvalue weighted by Crippen LogP contribution is -2.39. The summed E-state index contributed by atoms with van der Waals surface area (Å²) in [6.45, 7) is 3.57. The number of ether oxygens (including phenoxy) is 3. The summed E-state index contributed by atoms with van der Waals surface area (Å²) in [5, 5.41) is 13.0. The molecule has 0 aliphatic heterocycles. The van der Waals surface area contributed by atoms with E-state index < -0.39 is 11.9 Å². The Labute approximate surface area is 181 Å². The monoisotopic (exact) mass is 474 g/mol. The number of esters is 2. The van der Waals surface area contributed by atoms with E-state index in [0.29, 0.717) is 32.6 Å². The Kier molecular flexibility index (Phi) is 6.83. The second-order valence-corrected chi connectivity index (χ2v) is 6.92. The first kappa shape index (κ1) is 21.5. The predicted molar refractivity (Wildman–Crippen MR) is 111 cm³/mol. The molecule has 0 radical (unpaired) electrons. The van der Waals surface area contributed by atoms with Crippen LogP contribution in [0.4, 0.5) is 0 Å². The van der Waals surface area contributed by atoms with Gasteiger partial charge in [0.05, 0.1) is 24.8 Å². The number of aromatic nitrogens is 2. The zero-order valence-electron chi connectivity index (χ0n) is 16.4. The number of hydrogen-bond donors (Lipinski definition) is 0. The molecular formula is C21H19BrN2O6. The van der Waals surface area contributed by atoms with Crippen molar-refractivity contribution in [3.8, 4) is 5.75 Å². The first-order valence-electron chi connectivity index (χ1n) is 9.24. The van der Waals surface area contributed by atoms with Crippen LogP contribution in [0.1, 0.15) is 40.4 Å². The van der Waals surface area contributed by atoms with Crippen molar-refractivity contribution in [3.05, 3.63) is 69.1 Å². The molecule has 156 valence electrons. The molecule has 0 aliphatic rings. The van der Waals surface area contributed by atoms with Gasteiger partial charge >= 0.3 is 17.6 Å². The van der Waals surface area contributed by atoms with Crippen molar-refractivity contribution in [2.75, 3.05) is 13.2 Å². The van der Waals surface area contributed by atoms with E-state index in [2.05, 4.69) is 20.9 Å². The molecule has 0 saturated carbocycles. The number of benzene rings is 2. The van der Waals surface area contributed by atoms with Crippen molar-refractivity contribution in [3.63, 3.8) is 0 Å². The molecule has 0 unspecified atom stereocenters. The van der Waals surface area contributed by atoms with Crippen molar-refractivity contribution < 1.29 is 28.5 Å². The SMILES string of the molecule is CCOC(=O)c1c(COC(=O)c2ccccc2Br)nc2ccc(OCC)cc2[n+]1[O-]. The third-order valence-corrected chi connectivity index (χ3v) is 4.80. The van der Waals surface area contributed by atoms with Gasteiger partial charge in [0, 0.05) is 4.47 Å². The third-order valence-electron chi connectivity index (χ3n) is 4.11. The van der Waals surface area contributed by atoms with Crippen LogP contribution in [0.25, 0.3) is 11.0 Å². The van der Waals surface area contributed by atoms with E-state index in [0.717, 1.165) is 0 Å². The highest BCUT2D eigenvalue weighted by atomic mass is 79.9. The Morgan fingerprint density at radius 3 is 2.53 bits per heavy atom. The molecule has 0 bridgehead atoms. The molecule has 0 fully saturated rings.